The lowest BCUT2D eigenvalue weighted by molar-refractivity contribution is -0.116. The quantitative estimate of drug-likeness (QED) is 0.509. The van der Waals surface area contributed by atoms with Crippen LogP contribution in [0.25, 0.3) is 22.4 Å². The van der Waals surface area contributed by atoms with Gasteiger partial charge in [-0.05, 0) is 47.8 Å². The van der Waals surface area contributed by atoms with E-state index in [0.717, 1.165) is 22.4 Å². The monoisotopic (exact) mass is 404 g/mol. The molecule has 6 nitrogen and oxygen atoms in total. The molecule has 29 heavy (non-hydrogen) atoms. The largest absolute Gasteiger partial charge is 0.351 e. The molecule has 146 valence electrons. The van der Waals surface area contributed by atoms with Gasteiger partial charge in [-0.3, -0.25) is 9.59 Å². The number of carbonyl (C=O) groups is 2. The first-order valence-electron chi connectivity index (χ1n) is 9.24. The molecule has 0 aliphatic rings. The number of para-hydroxylation sites is 2. The molecule has 2 N–H and O–H groups in total. The van der Waals surface area contributed by atoms with E-state index in [1.165, 1.54) is 11.3 Å². The van der Waals surface area contributed by atoms with Crippen molar-refractivity contribution in [1.29, 1.82) is 0 Å². The van der Waals surface area contributed by atoms with E-state index in [4.69, 9.17) is 0 Å². The molecule has 0 saturated heterocycles. The summed E-state index contributed by atoms with van der Waals surface area (Å²) in [5, 5.41) is 9.23. The number of aromatic nitrogens is 2. The number of carbonyl (C=O) groups excluding carboxylic acids is 2. The summed E-state index contributed by atoms with van der Waals surface area (Å²) in [6.07, 6.45) is 0.211. The highest BCUT2D eigenvalue weighted by Crippen LogP contribution is 2.24. The molecule has 0 saturated carbocycles. The Bertz CT molecular complexity index is 1150. The first kappa shape index (κ1) is 18.9. The molecule has 0 atom stereocenters. The maximum atomic E-state index is 12.1. The van der Waals surface area contributed by atoms with Crippen molar-refractivity contribution in [3.05, 3.63) is 70.9 Å². The zero-order valence-electron chi connectivity index (χ0n) is 15.9. The molecule has 0 spiro atoms. The molecule has 0 aliphatic carbocycles. The van der Waals surface area contributed by atoms with Crippen LogP contribution in [0.2, 0.25) is 0 Å². The highest BCUT2D eigenvalue weighted by atomic mass is 32.1. The van der Waals surface area contributed by atoms with E-state index in [1.54, 1.807) is 11.4 Å². The summed E-state index contributed by atoms with van der Waals surface area (Å²) in [5.74, 6) is 0.567. The summed E-state index contributed by atoms with van der Waals surface area (Å²) in [5.41, 5.74) is 4.33. The lowest BCUT2D eigenvalue weighted by Crippen LogP contribution is -2.27. The van der Waals surface area contributed by atoms with Crippen LogP contribution in [0, 0.1) is 0 Å². The third-order valence-electron chi connectivity index (χ3n) is 4.63. The second kappa shape index (κ2) is 8.28. The summed E-state index contributed by atoms with van der Waals surface area (Å²) in [6, 6.07) is 17.3. The second-order valence-corrected chi connectivity index (χ2v) is 7.41. The van der Waals surface area contributed by atoms with Gasteiger partial charge < -0.3 is 15.2 Å². The van der Waals surface area contributed by atoms with Crippen molar-refractivity contribution in [3.8, 4) is 11.4 Å². The summed E-state index contributed by atoms with van der Waals surface area (Å²) in [4.78, 5) is 28.7. The van der Waals surface area contributed by atoms with Gasteiger partial charge in [-0.1, -0.05) is 12.1 Å². The average molecular weight is 404 g/mol. The van der Waals surface area contributed by atoms with Gasteiger partial charge in [0.1, 0.15) is 5.82 Å². The number of amides is 2. The van der Waals surface area contributed by atoms with Gasteiger partial charge in [0.25, 0.3) is 5.91 Å². The normalized spacial score (nSPS) is 10.8. The molecule has 0 unspecified atom stereocenters. The maximum Gasteiger partial charge on any atom is 0.252 e. The number of fused-ring (bicyclic) bond motifs is 1. The Morgan fingerprint density at radius 1 is 1.07 bits per heavy atom. The minimum Gasteiger partial charge on any atom is -0.351 e. The Morgan fingerprint density at radius 2 is 1.86 bits per heavy atom. The number of nitrogens with one attached hydrogen (secondary N) is 2. The standard InChI is InChI=1S/C22H20N4O2S/c1-26-19-5-3-2-4-18(19)25-21(26)15-6-8-17(9-7-15)24-20(27)10-12-23-22(28)16-11-13-29-14-16/h2-9,11,13-14H,10,12H2,1H3,(H,23,28)(H,24,27). The minimum atomic E-state index is -0.161. The number of imidazole rings is 1. The van der Waals surface area contributed by atoms with Gasteiger partial charge in [0.15, 0.2) is 0 Å². The van der Waals surface area contributed by atoms with Gasteiger partial charge in [-0.15, -0.1) is 0 Å². The molecule has 2 aromatic heterocycles. The third kappa shape index (κ3) is 4.20. The molecule has 2 amide bonds. The topological polar surface area (TPSA) is 76.0 Å². The summed E-state index contributed by atoms with van der Waals surface area (Å²) in [6.45, 7) is 0.290. The van der Waals surface area contributed by atoms with Gasteiger partial charge >= 0.3 is 0 Å². The molecule has 4 aromatic rings. The van der Waals surface area contributed by atoms with E-state index >= 15 is 0 Å². The van der Waals surface area contributed by atoms with Gasteiger partial charge in [-0.2, -0.15) is 11.3 Å². The van der Waals surface area contributed by atoms with Crippen LogP contribution in [0.5, 0.6) is 0 Å². The van der Waals surface area contributed by atoms with E-state index in [1.807, 2.05) is 61.0 Å². The van der Waals surface area contributed by atoms with E-state index in [0.29, 0.717) is 17.8 Å². The van der Waals surface area contributed by atoms with Crippen molar-refractivity contribution < 1.29 is 9.59 Å². The Hall–Kier alpha value is -3.45. The molecule has 0 radical (unpaired) electrons. The predicted octanol–water partition coefficient (Wildman–Crippen LogP) is 4.06. The molecule has 7 heteroatoms. The van der Waals surface area contributed by atoms with E-state index < -0.39 is 0 Å². The van der Waals surface area contributed by atoms with Crippen molar-refractivity contribution in [2.45, 2.75) is 6.42 Å². The Morgan fingerprint density at radius 3 is 2.59 bits per heavy atom. The van der Waals surface area contributed by atoms with E-state index in [2.05, 4.69) is 20.2 Å². The number of hydrogen-bond donors (Lipinski definition) is 2. The number of aryl methyl sites for hydroxylation is 1. The van der Waals surface area contributed by atoms with Crippen LogP contribution in [0.3, 0.4) is 0 Å². The number of anilines is 1. The molecule has 0 fully saturated rings. The van der Waals surface area contributed by atoms with Crippen molar-refractivity contribution in [2.75, 3.05) is 11.9 Å². The smallest absolute Gasteiger partial charge is 0.252 e. The predicted molar refractivity (Wildman–Crippen MR) is 116 cm³/mol. The number of hydrogen-bond acceptors (Lipinski definition) is 4. The molecule has 0 aliphatic heterocycles. The van der Waals surface area contributed by atoms with Crippen molar-refractivity contribution in [2.24, 2.45) is 7.05 Å². The lowest BCUT2D eigenvalue weighted by atomic mass is 10.2. The van der Waals surface area contributed by atoms with E-state index in [9.17, 15) is 9.59 Å². The summed E-state index contributed by atoms with van der Waals surface area (Å²) in [7, 11) is 1.99. The number of benzene rings is 2. The zero-order chi connectivity index (χ0) is 20.2. The fourth-order valence-electron chi connectivity index (χ4n) is 3.12. The van der Waals surface area contributed by atoms with Crippen molar-refractivity contribution >= 4 is 39.9 Å². The van der Waals surface area contributed by atoms with Crippen LogP contribution in [-0.4, -0.2) is 27.9 Å². The van der Waals surface area contributed by atoms with Gasteiger partial charge in [-0.25, -0.2) is 4.98 Å². The summed E-state index contributed by atoms with van der Waals surface area (Å²) >= 11 is 1.46. The Kier molecular flexibility index (Phi) is 5.39. The third-order valence-corrected chi connectivity index (χ3v) is 5.32. The molecule has 4 rings (SSSR count). The molecule has 0 bridgehead atoms. The lowest BCUT2D eigenvalue weighted by Gasteiger charge is -2.08. The zero-order valence-corrected chi connectivity index (χ0v) is 16.7. The summed E-state index contributed by atoms with van der Waals surface area (Å²) < 4.78 is 2.05. The average Bonchev–Trinajstić information content (AvgIpc) is 3.38. The Labute approximate surface area is 172 Å². The SMILES string of the molecule is Cn1c(-c2ccc(NC(=O)CCNC(=O)c3ccsc3)cc2)nc2ccccc21. The maximum absolute atomic E-state index is 12.1. The van der Waals surface area contributed by atoms with Crippen LogP contribution < -0.4 is 10.6 Å². The fraction of sp³-hybridized carbons (Fsp3) is 0.136. The van der Waals surface area contributed by atoms with Gasteiger partial charge in [0.2, 0.25) is 5.91 Å². The van der Waals surface area contributed by atoms with Gasteiger partial charge in [0.05, 0.1) is 11.0 Å². The first-order chi connectivity index (χ1) is 14.1. The van der Waals surface area contributed by atoms with Crippen LogP contribution in [-0.2, 0) is 11.8 Å². The Balaban J connectivity index is 1.34. The van der Waals surface area contributed by atoms with E-state index in [-0.39, 0.29) is 18.2 Å². The highest BCUT2D eigenvalue weighted by Gasteiger charge is 2.10. The van der Waals surface area contributed by atoms with Crippen molar-refractivity contribution in [3.63, 3.8) is 0 Å². The van der Waals surface area contributed by atoms with Gasteiger partial charge in [0, 0.05) is 42.2 Å². The van der Waals surface area contributed by atoms with Crippen LogP contribution in [0.4, 0.5) is 5.69 Å². The number of rotatable bonds is 6. The first-order valence-corrected chi connectivity index (χ1v) is 10.2. The molecule has 2 heterocycles. The van der Waals surface area contributed by atoms with Crippen LogP contribution in [0.1, 0.15) is 16.8 Å². The number of thiophene rings is 1. The number of nitrogens with zero attached hydrogens (tertiary/aromatic N) is 2. The second-order valence-electron chi connectivity index (χ2n) is 6.63. The van der Waals surface area contributed by atoms with Crippen molar-refractivity contribution in [1.82, 2.24) is 14.9 Å². The molecular formula is C22H20N4O2S. The minimum absolute atomic E-state index is 0.147. The van der Waals surface area contributed by atoms with Crippen LogP contribution in [0.15, 0.2) is 65.4 Å². The molecular weight excluding hydrogens is 384 g/mol. The highest BCUT2D eigenvalue weighted by molar-refractivity contribution is 7.08. The van der Waals surface area contributed by atoms with Crippen LogP contribution >= 0.6 is 11.3 Å². The molecule has 2 aromatic carbocycles. The fourth-order valence-corrected chi connectivity index (χ4v) is 3.75.